The first-order chi connectivity index (χ1) is 4.56. The van der Waals surface area contributed by atoms with Crippen molar-refractivity contribution in [2.45, 2.75) is 25.8 Å². The second-order valence-corrected chi connectivity index (χ2v) is 11.0. The monoisotopic (exact) mass is 300 g/mol. The van der Waals surface area contributed by atoms with Gasteiger partial charge in [-0.1, -0.05) is 19.8 Å². The summed E-state index contributed by atoms with van der Waals surface area (Å²) in [4.78, 5) is 0. The molecule has 0 rings (SSSR count). The summed E-state index contributed by atoms with van der Waals surface area (Å²) >= 11 is 19.8. The summed E-state index contributed by atoms with van der Waals surface area (Å²) in [7, 11) is 1.12. The Labute approximate surface area is 88.7 Å². The molecule has 0 nitrogen and oxygen atoms in total. The second-order valence-electron chi connectivity index (χ2n) is 1.72. The maximum Gasteiger partial charge on any atom is 0.341 e. The Kier molecular flexibility index (Phi) is 12.7. The van der Waals surface area contributed by atoms with Gasteiger partial charge in [0.1, 0.15) is 0 Å². The van der Waals surface area contributed by atoms with Crippen LogP contribution in [0.1, 0.15) is 19.8 Å². The molecule has 0 aromatic carbocycles. The van der Waals surface area contributed by atoms with E-state index in [9.17, 15) is 0 Å². The highest BCUT2D eigenvalue weighted by molar-refractivity contribution is 9.22. The van der Waals surface area contributed by atoms with E-state index in [0.29, 0.717) is 0 Å². The number of rotatable bonds is 3. The van der Waals surface area contributed by atoms with Gasteiger partial charge in [0, 0.05) is 0 Å². The molecule has 64 valence electrons. The number of halogens is 4. The Morgan fingerprint density at radius 3 is 1.80 bits per heavy atom. The smallest absolute Gasteiger partial charge is 0.140 e. The van der Waals surface area contributed by atoms with Gasteiger partial charge in [-0.3, -0.25) is 0 Å². The Morgan fingerprint density at radius 1 is 1.30 bits per heavy atom. The average molecular weight is 303 g/mol. The number of unbranched alkanes of at least 4 members (excludes halogenated alkanes) is 1. The summed E-state index contributed by atoms with van der Waals surface area (Å²) in [5.41, 5.74) is 0. The molecule has 0 atom stereocenters. The molecule has 0 aliphatic rings. The molecule has 0 N–H and O–H groups in total. The molecule has 0 fully saturated rings. The van der Waals surface area contributed by atoms with Gasteiger partial charge >= 0.3 is 6.00 Å². The largest absolute Gasteiger partial charge is 0.341 e. The van der Waals surface area contributed by atoms with Crippen LogP contribution in [-0.4, -0.2) is 14.9 Å². The lowest BCUT2D eigenvalue weighted by Crippen LogP contribution is -2.07. The molecule has 10 heavy (non-hydrogen) atoms. The van der Waals surface area contributed by atoms with Gasteiger partial charge in [-0.15, -0.1) is 48.5 Å². The minimum Gasteiger partial charge on any atom is -0.140 e. The minimum absolute atomic E-state index is 0.800. The van der Waals surface area contributed by atoms with Crippen molar-refractivity contribution in [3.05, 3.63) is 0 Å². The van der Waals surface area contributed by atoms with Crippen molar-refractivity contribution in [2.24, 2.45) is 0 Å². The molecule has 0 saturated carbocycles. The van der Waals surface area contributed by atoms with Crippen LogP contribution in [0.25, 0.3) is 0 Å². The molecule has 0 unspecified atom stereocenters. The van der Waals surface area contributed by atoms with Gasteiger partial charge in [-0.25, -0.2) is 0 Å². The van der Waals surface area contributed by atoms with Crippen molar-refractivity contribution in [1.82, 2.24) is 0 Å². The molecule has 0 aromatic heterocycles. The van der Waals surface area contributed by atoms with Crippen LogP contribution in [-0.2, 0) is 0 Å². The minimum atomic E-state index is -2.26. The molecule has 0 saturated heterocycles. The highest BCUT2D eigenvalue weighted by Crippen LogP contribution is 2.26. The fraction of sp³-hybridized carbons (Fsp3) is 1.00. The first kappa shape index (κ1) is 14.3. The van der Waals surface area contributed by atoms with Crippen molar-refractivity contribution in [3.63, 3.8) is 0 Å². The van der Waals surface area contributed by atoms with Gasteiger partial charge < -0.3 is 0 Å². The predicted octanol–water partition coefficient (Wildman–Crippen LogP) is 3.10. The van der Waals surface area contributed by atoms with E-state index in [1.54, 1.807) is 0 Å². The average Bonchev–Trinajstić information content (AvgIpc) is 1.87. The van der Waals surface area contributed by atoms with Crippen LogP contribution in [0.15, 0.2) is 0 Å². The van der Waals surface area contributed by atoms with Gasteiger partial charge in [-0.05, 0) is 6.04 Å². The van der Waals surface area contributed by atoms with E-state index in [0.717, 1.165) is 27.7 Å². The number of hydrogen-bond acceptors (Lipinski definition) is 0. The lowest BCUT2D eigenvalue weighted by molar-refractivity contribution is 0.879. The maximum atomic E-state index is 5.58. The van der Waals surface area contributed by atoms with E-state index in [2.05, 4.69) is 22.2 Å². The third-order valence-electron chi connectivity index (χ3n) is 0.814. The normalized spacial score (nSPS) is 10.5. The SMILES string of the molecule is CCCC[Si](Cl)(Cl)Cl.[SiH3]Br. The van der Waals surface area contributed by atoms with E-state index in [4.69, 9.17) is 33.2 Å². The predicted molar refractivity (Wildman–Crippen MR) is 61.9 cm³/mol. The van der Waals surface area contributed by atoms with Crippen LogP contribution in [0.5, 0.6) is 0 Å². The molecule has 0 spiro atoms. The molecule has 0 aliphatic heterocycles. The quantitative estimate of drug-likeness (QED) is 0.555. The lowest BCUT2D eigenvalue weighted by atomic mass is 10.4. The summed E-state index contributed by atoms with van der Waals surface area (Å²) in [6.45, 7) is 2.09. The zero-order chi connectivity index (χ0) is 8.62. The highest BCUT2D eigenvalue weighted by atomic mass is 79.9. The van der Waals surface area contributed by atoms with Gasteiger partial charge in [0.15, 0.2) is 0 Å². The van der Waals surface area contributed by atoms with Gasteiger partial charge in [-0.2, -0.15) is 0 Å². The van der Waals surface area contributed by atoms with E-state index in [-0.39, 0.29) is 0 Å². The van der Waals surface area contributed by atoms with Crippen molar-refractivity contribution in [3.8, 4) is 0 Å². The first-order valence-electron chi connectivity index (χ1n) is 3.01. The first-order valence-corrected chi connectivity index (χ1v) is 13.8. The van der Waals surface area contributed by atoms with Gasteiger partial charge in [0.25, 0.3) is 0 Å². The van der Waals surface area contributed by atoms with E-state index < -0.39 is 6.00 Å². The van der Waals surface area contributed by atoms with E-state index in [1.807, 2.05) is 0 Å². The van der Waals surface area contributed by atoms with Crippen LogP contribution >= 0.6 is 48.5 Å². The summed E-state index contributed by atoms with van der Waals surface area (Å²) < 4.78 is 0. The molecule has 0 heterocycles. The van der Waals surface area contributed by atoms with Crippen molar-refractivity contribution < 1.29 is 0 Å². The Bertz CT molecular complexity index is 66.0. The summed E-state index contributed by atoms with van der Waals surface area (Å²) in [6, 6.07) is -1.46. The van der Waals surface area contributed by atoms with E-state index >= 15 is 0 Å². The van der Waals surface area contributed by atoms with Crippen LogP contribution in [0.2, 0.25) is 6.04 Å². The second kappa shape index (κ2) is 8.88. The Morgan fingerprint density at radius 2 is 1.70 bits per heavy atom. The molecule has 0 bridgehead atoms. The van der Waals surface area contributed by atoms with Gasteiger partial charge in [0.2, 0.25) is 0 Å². The third kappa shape index (κ3) is 16.4. The van der Waals surface area contributed by atoms with Crippen molar-refractivity contribution >= 4 is 63.4 Å². The molecule has 0 aromatic rings. The molecular formula is C4H12BrCl3Si2. The standard InChI is InChI=1S/C4H9Cl3Si.BrH3Si/c1-2-3-4-8(5,6)7;1-2/h2-4H2,1H3;2H3. The van der Waals surface area contributed by atoms with Crippen LogP contribution in [0.3, 0.4) is 0 Å². The molecule has 6 heteroatoms. The summed E-state index contributed by atoms with van der Waals surface area (Å²) in [5.74, 6) is 0. The van der Waals surface area contributed by atoms with E-state index in [1.165, 1.54) is 0 Å². The fourth-order valence-corrected chi connectivity index (χ4v) is 2.33. The van der Waals surface area contributed by atoms with Crippen LogP contribution < -0.4 is 0 Å². The Hall–Kier alpha value is 1.78. The fourth-order valence-electron chi connectivity index (χ4n) is 0.377. The van der Waals surface area contributed by atoms with Crippen molar-refractivity contribution in [1.29, 1.82) is 0 Å². The number of hydrogen-bond donors (Lipinski definition) is 0. The molecule has 0 aliphatic carbocycles. The highest BCUT2D eigenvalue weighted by Gasteiger charge is 2.22. The van der Waals surface area contributed by atoms with Gasteiger partial charge in [0.05, 0.1) is 8.86 Å². The maximum absolute atomic E-state index is 5.58. The summed E-state index contributed by atoms with van der Waals surface area (Å²) in [6.07, 6.45) is 2.16. The zero-order valence-electron chi connectivity index (χ0n) is 6.13. The zero-order valence-corrected chi connectivity index (χ0v) is 13.0. The summed E-state index contributed by atoms with van der Waals surface area (Å²) in [5, 5.41) is 0. The van der Waals surface area contributed by atoms with Crippen molar-refractivity contribution in [2.75, 3.05) is 0 Å². The Balaban J connectivity index is 0. The topological polar surface area (TPSA) is 0 Å². The third-order valence-corrected chi connectivity index (χ3v) is 3.44. The van der Waals surface area contributed by atoms with Crippen LogP contribution in [0, 0.1) is 0 Å². The molecule has 0 amide bonds. The van der Waals surface area contributed by atoms with Crippen LogP contribution in [0.4, 0.5) is 0 Å². The molecule has 0 radical (unpaired) electrons. The molecular weight excluding hydrogens is 290 g/mol. The lowest BCUT2D eigenvalue weighted by Gasteiger charge is -2.03.